The highest BCUT2D eigenvalue weighted by atomic mass is 79.9. The lowest BCUT2D eigenvalue weighted by Gasteiger charge is -2.16. The van der Waals surface area contributed by atoms with Crippen molar-refractivity contribution < 1.29 is 9.90 Å². The first-order valence-corrected chi connectivity index (χ1v) is 6.14. The zero-order valence-electron chi connectivity index (χ0n) is 8.43. The molecule has 1 atom stereocenters. The third-order valence-corrected chi connectivity index (χ3v) is 3.09. The van der Waals surface area contributed by atoms with E-state index in [1.807, 2.05) is 0 Å². The van der Waals surface area contributed by atoms with Crippen molar-refractivity contribution in [2.45, 2.75) is 19.4 Å². The summed E-state index contributed by atoms with van der Waals surface area (Å²) in [4.78, 5) is 10.9. The summed E-state index contributed by atoms with van der Waals surface area (Å²) in [5.41, 5.74) is 0.445. The molecule has 0 aliphatic carbocycles. The third-order valence-electron chi connectivity index (χ3n) is 2.03. The molecule has 1 aromatic carbocycles. The summed E-state index contributed by atoms with van der Waals surface area (Å²) in [6.45, 7) is 1.77. The Morgan fingerprint density at radius 3 is 2.38 bits per heavy atom. The molecule has 2 N–H and O–H groups in total. The van der Waals surface area contributed by atoms with Crippen LogP contribution < -0.4 is 5.32 Å². The van der Waals surface area contributed by atoms with Crippen LogP contribution in [0.4, 0.5) is 5.69 Å². The number of halogens is 3. The minimum Gasteiger partial charge on any atom is -0.480 e. The molecule has 0 saturated heterocycles. The maximum atomic E-state index is 10.9. The van der Waals surface area contributed by atoms with Gasteiger partial charge < -0.3 is 10.4 Å². The zero-order chi connectivity index (χ0) is 12.3. The van der Waals surface area contributed by atoms with E-state index in [2.05, 4.69) is 21.2 Å². The van der Waals surface area contributed by atoms with Crippen molar-refractivity contribution in [3.8, 4) is 0 Å². The molecule has 0 bridgehead atoms. The Labute approximate surface area is 112 Å². The average molecular weight is 327 g/mol. The largest absolute Gasteiger partial charge is 0.480 e. The highest BCUT2D eigenvalue weighted by molar-refractivity contribution is 9.10. The maximum absolute atomic E-state index is 10.9. The van der Waals surface area contributed by atoms with Crippen LogP contribution in [0.15, 0.2) is 16.6 Å². The van der Waals surface area contributed by atoms with Crippen molar-refractivity contribution in [2.24, 2.45) is 0 Å². The van der Waals surface area contributed by atoms with E-state index >= 15 is 0 Å². The number of carboxylic acid groups (broad SMARTS) is 1. The zero-order valence-corrected chi connectivity index (χ0v) is 11.5. The van der Waals surface area contributed by atoms with Gasteiger partial charge in [-0.25, -0.2) is 4.79 Å². The van der Waals surface area contributed by atoms with Gasteiger partial charge in [0.05, 0.1) is 15.7 Å². The van der Waals surface area contributed by atoms with E-state index in [-0.39, 0.29) is 0 Å². The molecular weight excluding hydrogens is 317 g/mol. The first-order valence-electron chi connectivity index (χ1n) is 4.59. The van der Waals surface area contributed by atoms with Gasteiger partial charge in [-0.05, 0) is 18.6 Å². The number of aliphatic carboxylic acids is 1. The van der Waals surface area contributed by atoms with E-state index in [0.29, 0.717) is 22.2 Å². The number of carbonyl (C=O) groups is 1. The van der Waals surface area contributed by atoms with E-state index in [0.717, 1.165) is 4.47 Å². The van der Waals surface area contributed by atoms with E-state index < -0.39 is 12.0 Å². The molecule has 0 amide bonds. The first kappa shape index (κ1) is 13.6. The van der Waals surface area contributed by atoms with Gasteiger partial charge in [0.1, 0.15) is 6.04 Å². The van der Waals surface area contributed by atoms with Gasteiger partial charge in [-0.1, -0.05) is 46.1 Å². The molecule has 1 rings (SSSR count). The minimum absolute atomic E-state index is 0.388. The predicted octanol–water partition coefficient (Wildman–Crippen LogP) is 4.03. The molecule has 0 aromatic heterocycles. The van der Waals surface area contributed by atoms with Crippen LogP contribution in [0.3, 0.4) is 0 Å². The number of rotatable bonds is 4. The van der Waals surface area contributed by atoms with E-state index in [1.54, 1.807) is 19.1 Å². The van der Waals surface area contributed by atoms with Crippen LogP contribution in [0.1, 0.15) is 13.3 Å². The molecule has 0 radical (unpaired) electrons. The van der Waals surface area contributed by atoms with Gasteiger partial charge in [-0.3, -0.25) is 0 Å². The van der Waals surface area contributed by atoms with Crippen molar-refractivity contribution in [2.75, 3.05) is 5.32 Å². The normalized spacial score (nSPS) is 12.2. The van der Waals surface area contributed by atoms with Crippen molar-refractivity contribution >= 4 is 50.8 Å². The lowest BCUT2D eigenvalue weighted by Crippen LogP contribution is -2.28. The predicted molar refractivity (Wildman–Crippen MR) is 69.5 cm³/mol. The summed E-state index contributed by atoms with van der Waals surface area (Å²) in [5.74, 6) is -0.933. The van der Waals surface area contributed by atoms with Crippen LogP contribution in [-0.4, -0.2) is 17.1 Å². The van der Waals surface area contributed by atoms with Gasteiger partial charge in [0.25, 0.3) is 0 Å². The summed E-state index contributed by atoms with van der Waals surface area (Å²) in [6, 6.07) is 2.62. The van der Waals surface area contributed by atoms with Crippen molar-refractivity contribution in [3.63, 3.8) is 0 Å². The van der Waals surface area contributed by atoms with E-state index in [4.69, 9.17) is 28.3 Å². The molecule has 0 heterocycles. The van der Waals surface area contributed by atoms with Crippen molar-refractivity contribution in [3.05, 3.63) is 26.7 Å². The fourth-order valence-corrected chi connectivity index (χ4v) is 2.51. The monoisotopic (exact) mass is 325 g/mol. The molecule has 0 fully saturated rings. The average Bonchev–Trinajstić information content (AvgIpc) is 2.15. The van der Waals surface area contributed by atoms with Crippen LogP contribution in [-0.2, 0) is 4.79 Å². The lowest BCUT2D eigenvalue weighted by molar-refractivity contribution is -0.137. The summed E-state index contributed by atoms with van der Waals surface area (Å²) < 4.78 is 0.747. The minimum atomic E-state index is -0.933. The van der Waals surface area contributed by atoms with Crippen molar-refractivity contribution in [1.82, 2.24) is 0 Å². The van der Waals surface area contributed by atoms with Crippen LogP contribution in [0.25, 0.3) is 0 Å². The highest BCUT2D eigenvalue weighted by Crippen LogP contribution is 2.34. The summed E-state index contributed by atoms with van der Waals surface area (Å²) >= 11 is 15.2. The second-order valence-corrected chi connectivity index (χ2v) is 4.92. The number of hydrogen-bond acceptors (Lipinski definition) is 2. The summed E-state index contributed by atoms with van der Waals surface area (Å²) in [6.07, 6.45) is 0.443. The smallest absolute Gasteiger partial charge is 0.326 e. The quantitative estimate of drug-likeness (QED) is 0.878. The van der Waals surface area contributed by atoms with Crippen LogP contribution >= 0.6 is 39.1 Å². The van der Waals surface area contributed by atoms with Gasteiger partial charge in [0.2, 0.25) is 0 Å². The molecule has 6 heteroatoms. The van der Waals surface area contributed by atoms with Crippen LogP contribution in [0.5, 0.6) is 0 Å². The van der Waals surface area contributed by atoms with E-state index in [1.165, 1.54) is 0 Å². The Hall–Kier alpha value is -0.450. The standard InChI is InChI=1S/C10H10BrCl2NO2/c1-2-8(10(15)16)14-9-6(12)3-5(11)4-7(9)13/h3-4,8,14H,2H2,1H3,(H,15,16). The lowest BCUT2D eigenvalue weighted by atomic mass is 10.2. The Balaban J connectivity index is 3.01. The topological polar surface area (TPSA) is 49.3 Å². The molecular formula is C10H10BrCl2NO2. The molecule has 88 valence electrons. The third kappa shape index (κ3) is 3.27. The van der Waals surface area contributed by atoms with Gasteiger partial charge in [0, 0.05) is 4.47 Å². The van der Waals surface area contributed by atoms with Crippen LogP contribution in [0.2, 0.25) is 10.0 Å². The summed E-state index contributed by atoms with van der Waals surface area (Å²) in [5, 5.41) is 12.5. The fourth-order valence-electron chi connectivity index (χ4n) is 1.19. The number of hydrogen-bond donors (Lipinski definition) is 2. The Kier molecular flexibility index (Phi) is 4.89. The number of anilines is 1. The molecule has 0 aliphatic heterocycles. The molecule has 3 nitrogen and oxygen atoms in total. The molecule has 16 heavy (non-hydrogen) atoms. The van der Waals surface area contributed by atoms with Crippen LogP contribution in [0, 0.1) is 0 Å². The molecule has 0 aliphatic rings. The number of benzene rings is 1. The van der Waals surface area contributed by atoms with Gasteiger partial charge >= 0.3 is 5.97 Å². The SMILES string of the molecule is CCC(Nc1c(Cl)cc(Br)cc1Cl)C(=O)O. The number of carboxylic acids is 1. The van der Waals surface area contributed by atoms with Gasteiger partial charge in [-0.2, -0.15) is 0 Å². The van der Waals surface area contributed by atoms with Gasteiger partial charge in [-0.15, -0.1) is 0 Å². The second kappa shape index (κ2) is 5.75. The molecule has 1 aromatic rings. The summed E-state index contributed by atoms with van der Waals surface area (Å²) in [7, 11) is 0. The molecule has 0 spiro atoms. The second-order valence-electron chi connectivity index (χ2n) is 3.19. The Morgan fingerprint density at radius 2 is 2.00 bits per heavy atom. The first-order chi connectivity index (χ1) is 7.45. The Morgan fingerprint density at radius 1 is 1.50 bits per heavy atom. The highest BCUT2D eigenvalue weighted by Gasteiger charge is 2.17. The fraction of sp³-hybridized carbons (Fsp3) is 0.300. The maximum Gasteiger partial charge on any atom is 0.326 e. The number of nitrogens with one attached hydrogen (secondary N) is 1. The van der Waals surface area contributed by atoms with Crippen molar-refractivity contribution in [1.29, 1.82) is 0 Å². The van der Waals surface area contributed by atoms with Gasteiger partial charge in [0.15, 0.2) is 0 Å². The van der Waals surface area contributed by atoms with E-state index in [9.17, 15) is 4.79 Å². The molecule has 1 unspecified atom stereocenters. The Bertz CT molecular complexity index is 389. The molecule has 0 saturated carbocycles.